The zero-order valence-electron chi connectivity index (χ0n) is 15.4. The number of hydrogen-bond acceptors (Lipinski definition) is 3. The molecule has 0 spiro atoms. The molecule has 0 radical (unpaired) electrons. The minimum absolute atomic E-state index is 0.153. The van der Waals surface area contributed by atoms with Crippen molar-refractivity contribution in [2.24, 2.45) is 23.2 Å². The second-order valence-corrected chi connectivity index (χ2v) is 8.84. The van der Waals surface area contributed by atoms with Gasteiger partial charge in [-0.3, -0.25) is 9.59 Å². The summed E-state index contributed by atoms with van der Waals surface area (Å²) < 4.78 is 5.29. The minimum atomic E-state index is -0.209. The highest BCUT2D eigenvalue weighted by Gasteiger charge is 2.51. The third-order valence-corrected chi connectivity index (χ3v) is 6.63. The first-order chi connectivity index (χ1) is 12.6. The highest BCUT2D eigenvalue weighted by molar-refractivity contribution is 5.80. The molecule has 140 valence electrons. The zero-order valence-corrected chi connectivity index (χ0v) is 15.4. The lowest BCUT2D eigenvalue weighted by Crippen LogP contribution is -2.47. The smallest absolute Gasteiger partial charge is 0.306 e. The molecule has 1 amide bonds. The van der Waals surface area contributed by atoms with Crippen LogP contribution in [0.4, 0.5) is 0 Å². The highest BCUT2D eigenvalue weighted by atomic mass is 16.5. The normalized spacial score (nSPS) is 31.6. The van der Waals surface area contributed by atoms with Crippen LogP contribution in [0.5, 0.6) is 0 Å². The van der Waals surface area contributed by atoms with Crippen LogP contribution >= 0.6 is 0 Å². The average Bonchev–Trinajstić information content (AvgIpc) is 2.59. The molecular formula is C22H29NO3. The van der Waals surface area contributed by atoms with Crippen LogP contribution in [-0.2, 0) is 20.7 Å². The van der Waals surface area contributed by atoms with E-state index in [0.29, 0.717) is 13.0 Å². The maximum Gasteiger partial charge on any atom is 0.306 e. The average molecular weight is 355 g/mol. The second kappa shape index (κ2) is 7.42. The first kappa shape index (κ1) is 17.6. The summed E-state index contributed by atoms with van der Waals surface area (Å²) >= 11 is 0. The topological polar surface area (TPSA) is 55.4 Å². The highest BCUT2D eigenvalue weighted by Crippen LogP contribution is 2.61. The molecule has 0 aromatic heterocycles. The van der Waals surface area contributed by atoms with Crippen molar-refractivity contribution in [3.05, 3.63) is 35.9 Å². The fraction of sp³-hybridized carbons (Fsp3) is 0.636. The molecule has 4 aliphatic rings. The quantitative estimate of drug-likeness (QED) is 0.762. The Hall–Kier alpha value is -1.84. The lowest BCUT2D eigenvalue weighted by Gasteiger charge is -2.56. The summed E-state index contributed by atoms with van der Waals surface area (Å²) in [5.74, 6) is 2.09. The molecule has 26 heavy (non-hydrogen) atoms. The Kier molecular flexibility index (Phi) is 5.01. The fourth-order valence-corrected chi connectivity index (χ4v) is 6.05. The van der Waals surface area contributed by atoms with E-state index in [-0.39, 0.29) is 23.9 Å². The van der Waals surface area contributed by atoms with Gasteiger partial charge in [0.25, 0.3) is 5.91 Å². The Morgan fingerprint density at radius 3 is 2.23 bits per heavy atom. The van der Waals surface area contributed by atoms with Crippen molar-refractivity contribution in [1.82, 2.24) is 5.32 Å². The number of carbonyl (C=O) groups is 2. The van der Waals surface area contributed by atoms with Gasteiger partial charge in [-0.25, -0.2) is 0 Å². The fourth-order valence-electron chi connectivity index (χ4n) is 6.05. The molecular weight excluding hydrogens is 326 g/mol. The van der Waals surface area contributed by atoms with Crippen molar-refractivity contribution in [1.29, 1.82) is 0 Å². The molecule has 0 unspecified atom stereocenters. The number of rotatable bonds is 7. The Balaban J connectivity index is 1.18. The Morgan fingerprint density at radius 1 is 1.00 bits per heavy atom. The SMILES string of the molecule is O=C(COC(=O)CC12CC3CC(CC(C3)C1)C2)NCCc1ccccc1. The summed E-state index contributed by atoms with van der Waals surface area (Å²) in [4.78, 5) is 24.2. The van der Waals surface area contributed by atoms with Crippen LogP contribution in [-0.4, -0.2) is 25.0 Å². The van der Waals surface area contributed by atoms with Crippen molar-refractivity contribution in [3.8, 4) is 0 Å². The zero-order chi connectivity index (χ0) is 18.0. The van der Waals surface area contributed by atoms with E-state index in [4.69, 9.17) is 4.74 Å². The van der Waals surface area contributed by atoms with E-state index >= 15 is 0 Å². The minimum Gasteiger partial charge on any atom is -0.456 e. The number of nitrogens with one attached hydrogen (secondary N) is 1. The molecule has 4 nitrogen and oxygen atoms in total. The Morgan fingerprint density at radius 2 is 1.62 bits per heavy atom. The summed E-state index contributed by atoms with van der Waals surface area (Å²) in [6.07, 6.45) is 8.99. The summed E-state index contributed by atoms with van der Waals surface area (Å²) in [6, 6.07) is 10.0. The lowest BCUT2D eigenvalue weighted by atomic mass is 9.49. The monoisotopic (exact) mass is 355 g/mol. The standard InChI is InChI=1S/C22H29NO3/c24-20(23-7-6-16-4-2-1-3-5-16)15-26-21(25)14-22-11-17-8-18(12-22)10-19(9-17)13-22/h1-5,17-19H,6-15H2,(H,23,24). The van der Waals surface area contributed by atoms with Crippen LogP contribution in [0.2, 0.25) is 0 Å². The third kappa shape index (κ3) is 4.11. The summed E-state index contributed by atoms with van der Waals surface area (Å²) in [5, 5.41) is 2.83. The third-order valence-electron chi connectivity index (χ3n) is 6.63. The van der Waals surface area contributed by atoms with Gasteiger partial charge in [-0.2, -0.15) is 0 Å². The van der Waals surface area contributed by atoms with E-state index in [1.165, 1.54) is 44.1 Å². The molecule has 0 aliphatic heterocycles. The molecule has 4 saturated carbocycles. The molecule has 0 saturated heterocycles. The molecule has 5 rings (SSSR count). The molecule has 0 atom stereocenters. The summed E-state index contributed by atoms with van der Waals surface area (Å²) in [7, 11) is 0. The molecule has 1 aromatic carbocycles. The predicted molar refractivity (Wildman–Crippen MR) is 99.3 cm³/mol. The van der Waals surface area contributed by atoms with Crippen LogP contribution in [0.15, 0.2) is 30.3 Å². The van der Waals surface area contributed by atoms with Gasteiger partial charge < -0.3 is 10.1 Å². The number of amides is 1. The first-order valence-corrected chi connectivity index (χ1v) is 10.1. The van der Waals surface area contributed by atoms with Crippen LogP contribution in [0, 0.1) is 23.2 Å². The van der Waals surface area contributed by atoms with Crippen LogP contribution < -0.4 is 5.32 Å². The summed E-state index contributed by atoms with van der Waals surface area (Å²) in [5.41, 5.74) is 1.36. The maximum atomic E-state index is 12.3. The van der Waals surface area contributed by atoms with Gasteiger partial charge >= 0.3 is 5.97 Å². The van der Waals surface area contributed by atoms with Crippen molar-refractivity contribution >= 4 is 11.9 Å². The van der Waals surface area contributed by atoms with Crippen LogP contribution in [0.3, 0.4) is 0 Å². The molecule has 4 fully saturated rings. The van der Waals surface area contributed by atoms with E-state index in [1.807, 2.05) is 30.3 Å². The second-order valence-electron chi connectivity index (χ2n) is 8.84. The van der Waals surface area contributed by atoms with Crippen molar-refractivity contribution in [2.45, 2.75) is 51.4 Å². The number of esters is 1. The number of hydrogen-bond donors (Lipinski definition) is 1. The Labute approximate surface area is 155 Å². The molecule has 1 aromatic rings. The number of benzene rings is 1. The summed E-state index contributed by atoms with van der Waals surface area (Å²) in [6.45, 7) is 0.412. The van der Waals surface area contributed by atoms with E-state index < -0.39 is 0 Å². The van der Waals surface area contributed by atoms with Gasteiger partial charge in [0.05, 0.1) is 6.42 Å². The largest absolute Gasteiger partial charge is 0.456 e. The van der Waals surface area contributed by atoms with Gasteiger partial charge in [0.2, 0.25) is 0 Å². The molecule has 4 heteroatoms. The van der Waals surface area contributed by atoms with E-state index in [1.54, 1.807) is 0 Å². The van der Waals surface area contributed by atoms with E-state index in [9.17, 15) is 9.59 Å². The Bertz CT molecular complexity index is 619. The molecule has 4 aliphatic carbocycles. The van der Waals surface area contributed by atoms with Crippen molar-refractivity contribution in [3.63, 3.8) is 0 Å². The number of carbonyl (C=O) groups excluding carboxylic acids is 2. The molecule has 4 bridgehead atoms. The van der Waals surface area contributed by atoms with Crippen LogP contribution in [0.25, 0.3) is 0 Å². The van der Waals surface area contributed by atoms with Crippen molar-refractivity contribution < 1.29 is 14.3 Å². The lowest BCUT2D eigenvalue weighted by molar-refractivity contribution is -0.155. The van der Waals surface area contributed by atoms with Gasteiger partial charge in [0, 0.05) is 6.54 Å². The van der Waals surface area contributed by atoms with Gasteiger partial charge in [-0.15, -0.1) is 0 Å². The van der Waals surface area contributed by atoms with Gasteiger partial charge in [0.15, 0.2) is 6.61 Å². The van der Waals surface area contributed by atoms with Gasteiger partial charge in [0.1, 0.15) is 0 Å². The van der Waals surface area contributed by atoms with E-state index in [2.05, 4.69) is 5.32 Å². The first-order valence-electron chi connectivity index (χ1n) is 10.1. The van der Waals surface area contributed by atoms with Gasteiger partial charge in [-0.1, -0.05) is 30.3 Å². The van der Waals surface area contributed by atoms with Crippen molar-refractivity contribution in [2.75, 3.05) is 13.2 Å². The maximum absolute atomic E-state index is 12.3. The molecule has 0 heterocycles. The van der Waals surface area contributed by atoms with E-state index in [0.717, 1.165) is 24.2 Å². The van der Waals surface area contributed by atoms with Gasteiger partial charge in [-0.05, 0) is 73.7 Å². The van der Waals surface area contributed by atoms with Crippen LogP contribution in [0.1, 0.15) is 50.5 Å². The number of ether oxygens (including phenoxy) is 1. The molecule has 1 N–H and O–H groups in total. The predicted octanol–water partition coefficient (Wildman–Crippen LogP) is 3.50.